The fourth-order valence-electron chi connectivity index (χ4n) is 2.48. The van der Waals surface area contributed by atoms with Gasteiger partial charge in [0.2, 0.25) is 0 Å². The van der Waals surface area contributed by atoms with Gasteiger partial charge >= 0.3 is 0 Å². The average molecular weight is 252 g/mol. The van der Waals surface area contributed by atoms with E-state index in [1.165, 1.54) is 0 Å². The Kier molecular flexibility index (Phi) is 3.16. The lowest BCUT2D eigenvalue weighted by Gasteiger charge is -2.31. The first-order valence-electron chi connectivity index (χ1n) is 6.07. The van der Waals surface area contributed by atoms with Gasteiger partial charge in [-0.05, 0) is 13.8 Å². The Balaban J connectivity index is 2.20. The molecular weight excluding hydrogens is 232 g/mol. The Labute approximate surface area is 106 Å². The van der Waals surface area contributed by atoms with Crippen LogP contribution in [0.4, 0.5) is 0 Å². The van der Waals surface area contributed by atoms with Crippen LogP contribution < -0.4 is 5.73 Å². The summed E-state index contributed by atoms with van der Waals surface area (Å²) >= 11 is 0. The van der Waals surface area contributed by atoms with Crippen molar-refractivity contribution in [2.75, 3.05) is 13.1 Å². The van der Waals surface area contributed by atoms with Crippen LogP contribution >= 0.6 is 0 Å². The van der Waals surface area contributed by atoms with E-state index in [0.29, 0.717) is 18.9 Å². The van der Waals surface area contributed by atoms with Gasteiger partial charge in [-0.15, -0.1) is 0 Å². The summed E-state index contributed by atoms with van der Waals surface area (Å²) in [6, 6.07) is 0. The van der Waals surface area contributed by atoms with Gasteiger partial charge in [-0.2, -0.15) is 0 Å². The number of amides is 1. The number of carbonyl (C=O) groups is 1. The molecule has 18 heavy (non-hydrogen) atoms. The van der Waals surface area contributed by atoms with E-state index >= 15 is 0 Å². The molecule has 0 unspecified atom stereocenters. The second kappa shape index (κ2) is 4.37. The number of nitrogens with zero attached hydrogens (tertiary/aromatic N) is 3. The van der Waals surface area contributed by atoms with Crippen LogP contribution in [-0.4, -0.2) is 44.2 Å². The first-order chi connectivity index (χ1) is 8.28. The van der Waals surface area contributed by atoms with Gasteiger partial charge in [-0.3, -0.25) is 9.69 Å². The molecular formula is C12H20N4O2. The summed E-state index contributed by atoms with van der Waals surface area (Å²) in [5, 5.41) is 9.82. The fourth-order valence-corrected chi connectivity index (χ4v) is 2.48. The van der Waals surface area contributed by atoms with Crippen LogP contribution in [0.5, 0.6) is 0 Å². The van der Waals surface area contributed by atoms with Crippen LogP contribution in [0.25, 0.3) is 0 Å². The summed E-state index contributed by atoms with van der Waals surface area (Å²) in [5.41, 5.74) is 6.52. The summed E-state index contributed by atoms with van der Waals surface area (Å²) in [6.45, 7) is 5.68. The van der Waals surface area contributed by atoms with Crippen LogP contribution in [-0.2, 0) is 20.0 Å². The highest BCUT2D eigenvalue weighted by Crippen LogP contribution is 2.20. The Bertz CT molecular complexity index is 473. The van der Waals surface area contributed by atoms with Crippen molar-refractivity contribution in [2.24, 2.45) is 12.8 Å². The van der Waals surface area contributed by atoms with Crippen molar-refractivity contribution in [3.63, 3.8) is 0 Å². The largest absolute Gasteiger partial charge is 0.389 e. The van der Waals surface area contributed by atoms with Crippen LogP contribution in [0.1, 0.15) is 35.9 Å². The number of fused-ring (bicyclic) bond motifs is 1. The smallest absolute Gasteiger partial charge is 0.284 e. The SMILES string of the molecule is Cn1c(C(N)=O)nc2c1CCN(CC(C)(C)O)C2. The Morgan fingerprint density at radius 1 is 1.56 bits per heavy atom. The number of rotatable bonds is 3. The van der Waals surface area contributed by atoms with Crippen molar-refractivity contribution < 1.29 is 9.90 Å². The van der Waals surface area contributed by atoms with Gasteiger partial charge in [-0.1, -0.05) is 0 Å². The molecule has 0 bridgehead atoms. The van der Waals surface area contributed by atoms with Gasteiger partial charge < -0.3 is 15.4 Å². The highest BCUT2D eigenvalue weighted by molar-refractivity contribution is 5.89. The minimum Gasteiger partial charge on any atom is -0.389 e. The minimum absolute atomic E-state index is 0.310. The van der Waals surface area contributed by atoms with Crippen molar-refractivity contribution >= 4 is 5.91 Å². The van der Waals surface area contributed by atoms with Crippen molar-refractivity contribution in [1.29, 1.82) is 0 Å². The molecule has 0 atom stereocenters. The molecule has 3 N–H and O–H groups in total. The summed E-state index contributed by atoms with van der Waals surface area (Å²) in [6.07, 6.45) is 0.822. The normalized spacial score (nSPS) is 16.7. The van der Waals surface area contributed by atoms with Crippen LogP contribution in [0.3, 0.4) is 0 Å². The number of hydrogen-bond donors (Lipinski definition) is 2. The molecule has 0 spiro atoms. The molecule has 1 aliphatic heterocycles. The molecule has 1 amide bonds. The van der Waals surface area contributed by atoms with Gasteiger partial charge in [0.1, 0.15) is 0 Å². The highest BCUT2D eigenvalue weighted by Gasteiger charge is 2.27. The summed E-state index contributed by atoms with van der Waals surface area (Å²) in [5.74, 6) is -0.189. The van der Waals surface area contributed by atoms with Crippen molar-refractivity contribution in [2.45, 2.75) is 32.4 Å². The molecule has 0 aromatic carbocycles. The third kappa shape index (κ3) is 2.54. The molecule has 1 aliphatic rings. The first-order valence-corrected chi connectivity index (χ1v) is 6.07. The summed E-state index contributed by atoms with van der Waals surface area (Å²) in [7, 11) is 1.82. The predicted molar refractivity (Wildman–Crippen MR) is 67.0 cm³/mol. The first kappa shape index (κ1) is 13.0. The van der Waals surface area contributed by atoms with Crippen molar-refractivity contribution in [3.05, 3.63) is 17.2 Å². The highest BCUT2D eigenvalue weighted by atomic mass is 16.3. The zero-order valence-electron chi connectivity index (χ0n) is 11.1. The van der Waals surface area contributed by atoms with Crippen LogP contribution in [0.2, 0.25) is 0 Å². The lowest BCUT2D eigenvalue weighted by molar-refractivity contribution is 0.0311. The second-order valence-electron chi connectivity index (χ2n) is 5.53. The number of hydrogen-bond acceptors (Lipinski definition) is 4. The van der Waals surface area contributed by atoms with Crippen molar-refractivity contribution in [3.8, 4) is 0 Å². The van der Waals surface area contributed by atoms with E-state index in [2.05, 4.69) is 9.88 Å². The van der Waals surface area contributed by atoms with Gasteiger partial charge in [0.25, 0.3) is 5.91 Å². The number of primary amides is 1. The second-order valence-corrected chi connectivity index (χ2v) is 5.53. The summed E-state index contributed by atoms with van der Waals surface area (Å²) < 4.78 is 1.78. The van der Waals surface area contributed by atoms with E-state index in [1.807, 2.05) is 7.05 Å². The Hall–Kier alpha value is -1.40. The zero-order chi connectivity index (χ0) is 13.5. The van der Waals surface area contributed by atoms with E-state index in [4.69, 9.17) is 5.73 Å². The van der Waals surface area contributed by atoms with Gasteiger partial charge in [0, 0.05) is 38.8 Å². The maximum Gasteiger partial charge on any atom is 0.284 e. The van der Waals surface area contributed by atoms with E-state index in [9.17, 15) is 9.90 Å². The molecule has 0 saturated carbocycles. The maximum absolute atomic E-state index is 11.2. The topological polar surface area (TPSA) is 84.4 Å². The lowest BCUT2D eigenvalue weighted by atomic mass is 10.1. The average Bonchev–Trinajstić information content (AvgIpc) is 2.53. The van der Waals surface area contributed by atoms with E-state index < -0.39 is 11.5 Å². The molecule has 1 aromatic rings. The molecule has 100 valence electrons. The molecule has 2 heterocycles. The monoisotopic (exact) mass is 252 g/mol. The number of carbonyl (C=O) groups excluding carboxylic acids is 1. The van der Waals surface area contributed by atoms with Crippen molar-refractivity contribution in [1.82, 2.24) is 14.5 Å². The molecule has 6 nitrogen and oxygen atoms in total. The number of β-amino-alcohol motifs (C(OH)–C–C–N with tert-alkyl or cyclic N) is 1. The number of nitrogens with two attached hydrogens (primary N) is 1. The minimum atomic E-state index is -0.723. The fraction of sp³-hybridized carbons (Fsp3) is 0.667. The number of aliphatic hydroxyl groups is 1. The lowest BCUT2D eigenvalue weighted by Crippen LogP contribution is -2.41. The standard InChI is InChI=1S/C12H20N4O2/c1-12(2,18)7-16-5-4-9-8(6-16)14-11(10(13)17)15(9)3/h18H,4-7H2,1-3H3,(H2,13,17). The molecule has 0 fully saturated rings. The quantitative estimate of drug-likeness (QED) is 0.770. The molecule has 0 radical (unpaired) electrons. The number of aromatic nitrogens is 2. The third-order valence-electron chi connectivity index (χ3n) is 3.17. The van der Waals surface area contributed by atoms with E-state index in [-0.39, 0.29) is 0 Å². The van der Waals surface area contributed by atoms with E-state index in [1.54, 1.807) is 18.4 Å². The summed E-state index contributed by atoms with van der Waals surface area (Å²) in [4.78, 5) is 17.7. The molecule has 0 saturated heterocycles. The van der Waals surface area contributed by atoms with E-state index in [0.717, 1.165) is 24.4 Å². The molecule has 1 aromatic heterocycles. The van der Waals surface area contributed by atoms with Gasteiger partial charge in [0.15, 0.2) is 5.82 Å². The molecule has 2 rings (SSSR count). The Morgan fingerprint density at radius 3 is 2.78 bits per heavy atom. The van der Waals surface area contributed by atoms with Gasteiger partial charge in [-0.25, -0.2) is 4.98 Å². The predicted octanol–water partition coefficient (Wildman–Crippen LogP) is -0.352. The Morgan fingerprint density at radius 2 is 2.22 bits per heavy atom. The number of imidazole rings is 1. The zero-order valence-corrected chi connectivity index (χ0v) is 11.1. The van der Waals surface area contributed by atoms with Crippen LogP contribution in [0, 0.1) is 0 Å². The van der Waals surface area contributed by atoms with Crippen LogP contribution in [0.15, 0.2) is 0 Å². The van der Waals surface area contributed by atoms with Gasteiger partial charge in [0.05, 0.1) is 11.3 Å². The molecule has 0 aliphatic carbocycles. The molecule has 6 heteroatoms. The third-order valence-corrected chi connectivity index (χ3v) is 3.17. The maximum atomic E-state index is 11.2.